The van der Waals surface area contributed by atoms with Crippen LogP contribution in [0.25, 0.3) is 0 Å². The lowest BCUT2D eigenvalue weighted by Crippen LogP contribution is -2.38. The highest BCUT2D eigenvalue weighted by Gasteiger charge is 2.18. The lowest BCUT2D eigenvalue weighted by atomic mass is 10.2. The Morgan fingerprint density at radius 2 is 1.83 bits per heavy atom. The Morgan fingerprint density at radius 3 is 2.41 bits per heavy atom. The van der Waals surface area contributed by atoms with Crippen molar-refractivity contribution in [3.63, 3.8) is 0 Å². The molecule has 0 radical (unpaired) electrons. The van der Waals surface area contributed by atoms with Gasteiger partial charge in [-0.15, -0.1) is 0 Å². The van der Waals surface area contributed by atoms with Gasteiger partial charge in [-0.25, -0.2) is 13.4 Å². The molecule has 2 N–H and O–H groups in total. The van der Waals surface area contributed by atoms with Crippen LogP contribution in [0, 0.1) is 10.1 Å². The van der Waals surface area contributed by atoms with Gasteiger partial charge in [0, 0.05) is 39.5 Å². The van der Waals surface area contributed by atoms with E-state index < -0.39 is 14.8 Å². The van der Waals surface area contributed by atoms with Crippen molar-refractivity contribution in [3.05, 3.63) is 64.2 Å². The van der Waals surface area contributed by atoms with Crippen LogP contribution < -0.4 is 10.6 Å². The number of guanidine groups is 1. The van der Waals surface area contributed by atoms with E-state index >= 15 is 0 Å². The molecule has 0 aromatic heterocycles. The van der Waals surface area contributed by atoms with E-state index in [2.05, 4.69) is 15.6 Å². The Labute approximate surface area is 170 Å². The highest BCUT2D eigenvalue weighted by atomic mass is 32.2. The summed E-state index contributed by atoms with van der Waals surface area (Å²) < 4.78 is 23.2. The maximum Gasteiger partial charge on any atom is 0.293 e. The number of benzene rings is 2. The largest absolute Gasteiger partial charge is 0.378 e. The summed E-state index contributed by atoms with van der Waals surface area (Å²) in [5.41, 5.74) is 1.07. The Bertz CT molecular complexity index is 975. The molecule has 0 saturated carbocycles. The molecule has 0 spiro atoms. The van der Waals surface area contributed by atoms with Gasteiger partial charge >= 0.3 is 0 Å². The molecule has 0 amide bonds. The third-order valence-electron chi connectivity index (χ3n) is 4.00. The minimum atomic E-state index is -3.52. The van der Waals surface area contributed by atoms with Gasteiger partial charge in [-0.1, -0.05) is 30.3 Å². The fraction of sp³-hybridized carbons (Fsp3) is 0.316. The molecule has 0 aliphatic carbocycles. The summed E-state index contributed by atoms with van der Waals surface area (Å²) in [6, 6.07) is 13.7. The zero-order valence-electron chi connectivity index (χ0n) is 16.6. The van der Waals surface area contributed by atoms with Crippen LogP contribution in [-0.2, 0) is 16.4 Å². The van der Waals surface area contributed by atoms with E-state index in [1.807, 2.05) is 49.3 Å². The number of nitro groups is 1. The minimum Gasteiger partial charge on any atom is -0.378 e. The van der Waals surface area contributed by atoms with Gasteiger partial charge in [0.15, 0.2) is 15.8 Å². The zero-order valence-corrected chi connectivity index (χ0v) is 17.4. The third kappa shape index (κ3) is 6.75. The van der Waals surface area contributed by atoms with Gasteiger partial charge < -0.3 is 15.5 Å². The molecule has 10 heteroatoms. The molecule has 9 nitrogen and oxygen atoms in total. The standard InChI is InChI=1S/C19H25N5O4S/c1-23(2)19(22-14-15-7-5-4-6-8-15)21-12-11-20-17-10-9-16(29(3,27)28)13-18(17)24(25)26/h4-10,13,20H,11-12,14H2,1-3H3,(H,21,22). The van der Waals surface area contributed by atoms with E-state index in [1.165, 1.54) is 12.1 Å². The highest BCUT2D eigenvalue weighted by Crippen LogP contribution is 2.27. The highest BCUT2D eigenvalue weighted by molar-refractivity contribution is 7.90. The van der Waals surface area contributed by atoms with Gasteiger partial charge in [-0.2, -0.15) is 0 Å². The Kier molecular flexibility index (Phi) is 7.54. The first-order chi connectivity index (χ1) is 13.7. The second kappa shape index (κ2) is 9.87. The van der Waals surface area contributed by atoms with E-state index in [4.69, 9.17) is 0 Å². The molecule has 0 saturated heterocycles. The summed E-state index contributed by atoms with van der Waals surface area (Å²) in [6.07, 6.45) is 1.01. The molecular formula is C19H25N5O4S. The summed E-state index contributed by atoms with van der Waals surface area (Å²) in [7, 11) is 0.231. The van der Waals surface area contributed by atoms with Crippen LogP contribution in [0.3, 0.4) is 0 Å². The van der Waals surface area contributed by atoms with E-state index in [9.17, 15) is 18.5 Å². The van der Waals surface area contributed by atoms with Gasteiger partial charge in [-0.05, 0) is 17.7 Å². The van der Waals surface area contributed by atoms with E-state index in [0.717, 1.165) is 17.9 Å². The zero-order chi connectivity index (χ0) is 21.4. The molecular weight excluding hydrogens is 394 g/mol. The summed E-state index contributed by atoms with van der Waals surface area (Å²) in [4.78, 5) is 17.0. The second-order valence-corrected chi connectivity index (χ2v) is 8.60. The van der Waals surface area contributed by atoms with Crippen molar-refractivity contribution < 1.29 is 13.3 Å². The topological polar surface area (TPSA) is 117 Å². The molecule has 0 aliphatic rings. The van der Waals surface area contributed by atoms with Crippen molar-refractivity contribution in [2.45, 2.75) is 11.4 Å². The molecule has 2 aromatic rings. The average Bonchev–Trinajstić information content (AvgIpc) is 2.67. The summed E-state index contributed by atoms with van der Waals surface area (Å²) in [5.74, 6) is 0.692. The van der Waals surface area contributed by atoms with Crippen LogP contribution in [0.5, 0.6) is 0 Å². The number of rotatable bonds is 8. The number of aliphatic imine (C=N–C) groups is 1. The van der Waals surface area contributed by atoms with Crippen LogP contribution in [-0.4, -0.2) is 57.6 Å². The fourth-order valence-electron chi connectivity index (χ4n) is 2.52. The van der Waals surface area contributed by atoms with Crippen molar-refractivity contribution in [1.82, 2.24) is 10.2 Å². The molecule has 0 aliphatic heterocycles. The number of nitrogens with zero attached hydrogens (tertiary/aromatic N) is 3. The molecule has 2 rings (SSSR count). The molecule has 0 bridgehead atoms. The van der Waals surface area contributed by atoms with Crippen molar-refractivity contribution in [2.24, 2.45) is 4.99 Å². The Hall–Kier alpha value is -3.14. The lowest BCUT2D eigenvalue weighted by Gasteiger charge is -2.18. The number of nitrogens with one attached hydrogen (secondary N) is 2. The van der Waals surface area contributed by atoms with Gasteiger partial charge in [0.2, 0.25) is 0 Å². The van der Waals surface area contributed by atoms with Gasteiger partial charge in [0.1, 0.15) is 5.69 Å². The van der Waals surface area contributed by atoms with Crippen molar-refractivity contribution >= 4 is 27.2 Å². The number of hydrogen-bond acceptors (Lipinski definition) is 6. The molecule has 0 unspecified atom stereocenters. The number of nitro benzene ring substituents is 1. The Morgan fingerprint density at radius 1 is 1.14 bits per heavy atom. The van der Waals surface area contributed by atoms with Crippen molar-refractivity contribution in [1.29, 1.82) is 0 Å². The second-order valence-electron chi connectivity index (χ2n) is 6.58. The first-order valence-electron chi connectivity index (χ1n) is 8.90. The Balaban J connectivity index is 1.98. The van der Waals surface area contributed by atoms with Gasteiger partial charge in [-0.3, -0.25) is 10.1 Å². The normalized spacial score (nSPS) is 11.8. The summed E-state index contributed by atoms with van der Waals surface area (Å²) >= 11 is 0. The first-order valence-corrected chi connectivity index (χ1v) is 10.8. The summed E-state index contributed by atoms with van der Waals surface area (Å²) in [5, 5.41) is 17.4. The SMILES string of the molecule is CN(C)C(=NCc1ccccc1)NCCNc1ccc(S(C)(=O)=O)cc1[N+](=O)[O-]. The van der Waals surface area contributed by atoms with Gasteiger partial charge in [0.25, 0.3) is 5.69 Å². The van der Waals surface area contributed by atoms with E-state index in [-0.39, 0.29) is 16.3 Å². The van der Waals surface area contributed by atoms with Crippen LogP contribution in [0.15, 0.2) is 58.4 Å². The fourth-order valence-corrected chi connectivity index (χ4v) is 3.16. The molecule has 156 valence electrons. The molecule has 0 atom stereocenters. The number of sulfone groups is 1. The molecule has 0 fully saturated rings. The van der Waals surface area contributed by atoms with Crippen molar-refractivity contribution in [2.75, 3.05) is 38.8 Å². The lowest BCUT2D eigenvalue weighted by molar-refractivity contribution is -0.384. The van der Waals surface area contributed by atoms with Gasteiger partial charge in [0.05, 0.1) is 16.4 Å². The average molecular weight is 420 g/mol. The molecule has 2 aromatic carbocycles. The summed E-state index contributed by atoms with van der Waals surface area (Å²) in [6.45, 7) is 1.39. The van der Waals surface area contributed by atoms with Crippen LogP contribution in [0.4, 0.5) is 11.4 Å². The minimum absolute atomic E-state index is 0.0872. The van der Waals surface area contributed by atoms with Crippen LogP contribution in [0.2, 0.25) is 0 Å². The van der Waals surface area contributed by atoms with Crippen LogP contribution in [0.1, 0.15) is 5.56 Å². The van der Waals surface area contributed by atoms with E-state index in [0.29, 0.717) is 25.6 Å². The monoisotopic (exact) mass is 419 g/mol. The third-order valence-corrected chi connectivity index (χ3v) is 5.11. The number of anilines is 1. The molecule has 29 heavy (non-hydrogen) atoms. The number of hydrogen-bond donors (Lipinski definition) is 2. The predicted octanol–water partition coefficient (Wildman–Crippen LogP) is 2.12. The quantitative estimate of drug-likeness (QED) is 0.221. The van der Waals surface area contributed by atoms with Crippen LogP contribution >= 0.6 is 0 Å². The predicted molar refractivity (Wildman–Crippen MR) is 114 cm³/mol. The smallest absolute Gasteiger partial charge is 0.293 e. The maximum atomic E-state index is 11.6. The van der Waals surface area contributed by atoms with E-state index in [1.54, 1.807) is 0 Å². The molecule has 0 heterocycles. The van der Waals surface area contributed by atoms with Crippen molar-refractivity contribution in [3.8, 4) is 0 Å². The maximum absolute atomic E-state index is 11.6. The first kappa shape index (κ1) is 22.2.